The molecule has 2 aromatic rings. The second-order valence-corrected chi connectivity index (χ2v) is 11.9. The van der Waals surface area contributed by atoms with Crippen LogP contribution in [-0.4, -0.2) is 102 Å². The minimum absolute atomic E-state index is 0.00542. The minimum atomic E-state index is -1.87. The first-order chi connectivity index (χ1) is 20.4. The van der Waals surface area contributed by atoms with Crippen LogP contribution in [0.3, 0.4) is 0 Å². The van der Waals surface area contributed by atoms with Crippen LogP contribution in [0.5, 0.6) is 0 Å². The van der Waals surface area contributed by atoms with E-state index >= 15 is 0 Å². The highest BCUT2D eigenvalue weighted by atomic mass is 32.1. The molecule has 0 saturated carbocycles. The lowest BCUT2D eigenvalue weighted by atomic mass is 9.83. The van der Waals surface area contributed by atoms with Gasteiger partial charge in [0.25, 0.3) is 23.6 Å². The number of thiol groups is 2. The van der Waals surface area contributed by atoms with Gasteiger partial charge in [-0.15, -0.1) is 0 Å². The van der Waals surface area contributed by atoms with Crippen LogP contribution in [-0.2, 0) is 19.2 Å². The summed E-state index contributed by atoms with van der Waals surface area (Å²) in [4.78, 5) is 105. The quantitative estimate of drug-likeness (QED) is 0.157. The zero-order valence-electron chi connectivity index (χ0n) is 23.8. The number of carboxylic acids is 2. The summed E-state index contributed by atoms with van der Waals surface area (Å²) in [5, 5.41) is 23.2. The van der Waals surface area contributed by atoms with E-state index in [4.69, 9.17) is 0 Å². The van der Waals surface area contributed by atoms with Gasteiger partial charge in [0.1, 0.15) is 23.2 Å². The van der Waals surface area contributed by atoms with Gasteiger partial charge in [-0.2, -0.15) is 25.3 Å². The fraction of sp³-hybridized carbons (Fsp3) is 0.357. The molecule has 2 aliphatic heterocycles. The van der Waals surface area contributed by atoms with E-state index in [9.17, 15) is 48.6 Å². The standard InChI is InChI=1S/C28H28N4O10S2/c1-27(2,25(41)29-15(9-43)23(37)38)31-19(33)11-5-7-13-18-14(8-6-12(17(11)18)20(31)34)22(36)32(21(13)35)28(3,4)26(42)30-16(10-44)24(39)40/h5-8,15-16,43-44H,9-10H2,1-4H3,(H,29,41)(H,30,42)(H,37,38)(H,39,40)/t15-,16-/m0/s1. The van der Waals surface area contributed by atoms with E-state index in [1.165, 1.54) is 52.0 Å². The van der Waals surface area contributed by atoms with Gasteiger partial charge in [-0.1, -0.05) is 0 Å². The number of amides is 6. The number of benzene rings is 2. The highest BCUT2D eigenvalue weighted by Crippen LogP contribution is 2.41. The van der Waals surface area contributed by atoms with Crippen molar-refractivity contribution in [3.8, 4) is 0 Å². The van der Waals surface area contributed by atoms with Crippen molar-refractivity contribution in [3.63, 3.8) is 0 Å². The number of aliphatic carboxylic acids is 2. The Kier molecular flexibility index (Phi) is 8.30. The van der Waals surface area contributed by atoms with Crippen molar-refractivity contribution in [2.45, 2.75) is 50.9 Å². The number of carbonyl (C=O) groups excluding carboxylic acids is 6. The number of hydrogen-bond donors (Lipinski definition) is 6. The second-order valence-electron chi connectivity index (χ2n) is 11.2. The summed E-state index contributed by atoms with van der Waals surface area (Å²) in [5.74, 6) is -8.77. The molecule has 4 rings (SSSR count). The van der Waals surface area contributed by atoms with Gasteiger partial charge in [-0.05, 0) is 52.0 Å². The number of rotatable bonds is 10. The van der Waals surface area contributed by atoms with Crippen LogP contribution in [0.2, 0.25) is 0 Å². The molecule has 2 heterocycles. The topological polar surface area (TPSA) is 208 Å². The van der Waals surface area contributed by atoms with Gasteiger partial charge in [0, 0.05) is 44.5 Å². The van der Waals surface area contributed by atoms with Gasteiger partial charge >= 0.3 is 11.9 Å². The summed E-state index contributed by atoms with van der Waals surface area (Å²) < 4.78 is 0. The molecular weight excluding hydrogens is 616 g/mol. The summed E-state index contributed by atoms with van der Waals surface area (Å²) in [6.07, 6.45) is 0. The lowest BCUT2D eigenvalue weighted by molar-refractivity contribution is -0.142. The monoisotopic (exact) mass is 644 g/mol. The number of carboxylic acid groups (broad SMARTS) is 2. The normalized spacial score (nSPS) is 16.1. The Labute approximate surface area is 260 Å². The van der Waals surface area contributed by atoms with Crippen molar-refractivity contribution in [3.05, 3.63) is 46.5 Å². The van der Waals surface area contributed by atoms with Crippen LogP contribution in [0, 0.1) is 0 Å². The lowest BCUT2D eigenvalue weighted by Crippen LogP contribution is -2.63. The third kappa shape index (κ3) is 4.87. The Bertz CT molecular complexity index is 1510. The number of nitrogens with one attached hydrogen (secondary N) is 2. The Morgan fingerprint density at radius 2 is 0.886 bits per heavy atom. The molecule has 0 radical (unpaired) electrons. The zero-order chi connectivity index (χ0) is 33.0. The van der Waals surface area contributed by atoms with Gasteiger partial charge in [0.15, 0.2) is 0 Å². The molecule has 0 spiro atoms. The Morgan fingerprint density at radius 3 is 1.09 bits per heavy atom. The molecule has 14 nitrogen and oxygen atoms in total. The summed E-state index contributed by atoms with van der Waals surface area (Å²) in [6, 6.07) is 2.25. The highest BCUT2D eigenvalue weighted by Gasteiger charge is 2.50. The van der Waals surface area contributed by atoms with E-state index in [1.54, 1.807) is 0 Å². The lowest BCUT2D eigenvalue weighted by Gasteiger charge is -2.41. The Balaban J connectivity index is 1.79. The number of hydrogen-bond acceptors (Lipinski definition) is 10. The van der Waals surface area contributed by atoms with Gasteiger partial charge in [-0.3, -0.25) is 38.6 Å². The fourth-order valence-corrected chi connectivity index (χ4v) is 5.63. The first-order valence-corrected chi connectivity index (χ1v) is 14.4. The number of carbonyl (C=O) groups is 8. The fourth-order valence-electron chi connectivity index (χ4n) is 5.13. The molecule has 0 aromatic heterocycles. The van der Waals surface area contributed by atoms with Gasteiger partial charge < -0.3 is 20.8 Å². The molecule has 2 atom stereocenters. The van der Waals surface area contributed by atoms with E-state index in [0.717, 1.165) is 0 Å². The predicted molar refractivity (Wildman–Crippen MR) is 160 cm³/mol. The minimum Gasteiger partial charge on any atom is -0.480 e. The van der Waals surface area contributed by atoms with Crippen LogP contribution in [0.15, 0.2) is 24.3 Å². The van der Waals surface area contributed by atoms with Crippen molar-refractivity contribution in [2.24, 2.45) is 0 Å². The maximum atomic E-state index is 13.8. The molecule has 232 valence electrons. The van der Waals surface area contributed by atoms with Crippen LogP contribution >= 0.6 is 25.3 Å². The van der Waals surface area contributed by atoms with E-state index in [-0.39, 0.29) is 44.5 Å². The Hall–Kier alpha value is -4.44. The molecule has 0 saturated heterocycles. The summed E-state index contributed by atoms with van der Waals surface area (Å²) >= 11 is 7.83. The predicted octanol–water partition coefficient (Wildman–Crippen LogP) is 0.587. The molecule has 4 N–H and O–H groups in total. The largest absolute Gasteiger partial charge is 0.480 e. The molecular formula is C28H28N4O10S2. The highest BCUT2D eigenvalue weighted by molar-refractivity contribution is 7.80. The van der Waals surface area contributed by atoms with Crippen LogP contribution in [0.25, 0.3) is 10.8 Å². The summed E-state index contributed by atoms with van der Waals surface area (Å²) in [6.45, 7) is 5.07. The van der Waals surface area contributed by atoms with Crippen molar-refractivity contribution < 1.29 is 48.6 Å². The van der Waals surface area contributed by atoms with Crippen molar-refractivity contribution >= 4 is 83.4 Å². The average Bonchev–Trinajstić information content (AvgIpc) is 2.95. The molecule has 16 heteroatoms. The molecule has 6 amide bonds. The van der Waals surface area contributed by atoms with Gasteiger partial charge in [0.2, 0.25) is 11.8 Å². The zero-order valence-corrected chi connectivity index (χ0v) is 25.6. The van der Waals surface area contributed by atoms with E-state index in [2.05, 4.69) is 35.9 Å². The van der Waals surface area contributed by atoms with Gasteiger partial charge in [-0.25, -0.2) is 9.59 Å². The molecule has 0 unspecified atom stereocenters. The van der Waals surface area contributed by atoms with Gasteiger partial charge in [0.05, 0.1) is 0 Å². The smallest absolute Gasteiger partial charge is 0.327 e. The van der Waals surface area contributed by atoms with E-state index < -0.39 is 70.5 Å². The molecule has 0 bridgehead atoms. The molecule has 0 aliphatic carbocycles. The van der Waals surface area contributed by atoms with Crippen molar-refractivity contribution in [1.82, 2.24) is 20.4 Å². The van der Waals surface area contributed by atoms with Crippen molar-refractivity contribution in [2.75, 3.05) is 11.5 Å². The Morgan fingerprint density at radius 1 is 0.636 bits per heavy atom. The van der Waals surface area contributed by atoms with Crippen LogP contribution in [0.1, 0.15) is 69.1 Å². The average molecular weight is 645 g/mol. The second kappa shape index (κ2) is 11.2. The van der Waals surface area contributed by atoms with E-state index in [1.807, 2.05) is 0 Å². The molecule has 0 fully saturated rings. The molecule has 44 heavy (non-hydrogen) atoms. The SMILES string of the molecule is CC(C)(C(=O)N[C@@H](CS)C(=O)O)N1C(=O)c2ccc3c4c(ccc(c24)C1=O)C(=O)N(C(C)(C)C(=O)N[C@@H](CS)C(=O)O)C3=O. The molecule has 2 aromatic carbocycles. The summed E-state index contributed by atoms with van der Waals surface area (Å²) in [5.41, 5.74) is -4.10. The van der Waals surface area contributed by atoms with Crippen LogP contribution in [0.4, 0.5) is 0 Å². The first kappa shape index (κ1) is 32.5. The number of imide groups is 2. The molecule has 2 aliphatic rings. The van der Waals surface area contributed by atoms with Crippen LogP contribution < -0.4 is 10.6 Å². The maximum Gasteiger partial charge on any atom is 0.327 e. The van der Waals surface area contributed by atoms with Crippen molar-refractivity contribution in [1.29, 1.82) is 0 Å². The third-order valence-corrected chi connectivity index (χ3v) is 8.43. The number of nitrogens with zero attached hydrogens (tertiary/aromatic N) is 2. The van der Waals surface area contributed by atoms with E-state index in [0.29, 0.717) is 9.80 Å². The maximum absolute atomic E-state index is 13.8. The third-order valence-electron chi connectivity index (χ3n) is 7.70. The first-order valence-electron chi connectivity index (χ1n) is 13.1. The summed E-state index contributed by atoms with van der Waals surface area (Å²) in [7, 11) is 0.